The van der Waals surface area contributed by atoms with Gasteiger partial charge in [0.2, 0.25) is 0 Å². The Balaban J connectivity index is 1.13. The first-order valence-corrected chi connectivity index (χ1v) is 16.2. The van der Waals surface area contributed by atoms with E-state index in [4.69, 9.17) is 12.2 Å². The number of aryl methyl sites for hydroxylation is 1. The molecular weight excluding hydrogens is 538 g/mol. The molecule has 1 N–H and O–H groups in total. The van der Waals surface area contributed by atoms with Gasteiger partial charge >= 0.3 is 5.69 Å². The van der Waals surface area contributed by atoms with Crippen LogP contribution in [0.4, 0.5) is 0 Å². The highest BCUT2D eigenvalue weighted by Gasteiger charge is 2.27. The van der Waals surface area contributed by atoms with Gasteiger partial charge < -0.3 is 15.1 Å². The standard InChI is InChI=1S/C35H43N5OS/c41-35-39(25-13-24-37-22-11-1-2-12-23-37)31-18-9-10-19-32(31)40(35)30-20-26-38(27-21-30)34(42)36-33(28-14-5-3-6-15-28)29-16-7-4-8-17-29/h3-10,14-19,30,33H,1-2,11-13,20-27H2,(H,36,42). The molecule has 0 radical (unpaired) electrons. The molecule has 2 aliphatic rings. The Labute approximate surface area is 254 Å². The van der Waals surface area contributed by atoms with E-state index in [-0.39, 0.29) is 17.8 Å². The Bertz CT molecular complexity index is 1460. The van der Waals surface area contributed by atoms with E-state index in [9.17, 15) is 4.79 Å². The Kier molecular flexibility index (Phi) is 9.36. The number of rotatable bonds is 8. The summed E-state index contributed by atoms with van der Waals surface area (Å²) < 4.78 is 4.10. The normalized spacial score (nSPS) is 17.0. The molecule has 220 valence electrons. The zero-order valence-electron chi connectivity index (χ0n) is 24.5. The zero-order valence-corrected chi connectivity index (χ0v) is 25.4. The summed E-state index contributed by atoms with van der Waals surface area (Å²) in [4.78, 5) is 18.7. The lowest BCUT2D eigenvalue weighted by atomic mass is 9.99. The maximum Gasteiger partial charge on any atom is 0.329 e. The molecule has 6 rings (SSSR count). The first kappa shape index (κ1) is 28.7. The van der Waals surface area contributed by atoms with E-state index in [0.717, 1.165) is 61.6 Å². The molecule has 0 saturated carbocycles. The number of nitrogens with zero attached hydrogens (tertiary/aromatic N) is 4. The molecule has 6 nitrogen and oxygen atoms in total. The number of likely N-dealkylation sites (tertiary alicyclic amines) is 2. The second-order valence-electron chi connectivity index (χ2n) is 11.8. The van der Waals surface area contributed by atoms with Gasteiger partial charge in [0.15, 0.2) is 5.11 Å². The number of nitrogens with one attached hydrogen (secondary N) is 1. The molecular formula is C35H43N5OS. The molecule has 3 heterocycles. The van der Waals surface area contributed by atoms with Crippen molar-refractivity contribution in [2.45, 2.75) is 63.6 Å². The van der Waals surface area contributed by atoms with Crippen LogP contribution >= 0.6 is 12.2 Å². The molecule has 0 bridgehead atoms. The Morgan fingerprint density at radius 2 is 1.31 bits per heavy atom. The number of piperidine rings is 1. The molecule has 2 aliphatic heterocycles. The van der Waals surface area contributed by atoms with Crippen molar-refractivity contribution in [2.24, 2.45) is 0 Å². The van der Waals surface area contributed by atoms with Gasteiger partial charge in [0.05, 0.1) is 17.1 Å². The van der Waals surface area contributed by atoms with Gasteiger partial charge in [-0.1, -0.05) is 85.6 Å². The zero-order chi connectivity index (χ0) is 28.7. The second kappa shape index (κ2) is 13.7. The summed E-state index contributed by atoms with van der Waals surface area (Å²) in [5.41, 5.74) is 4.64. The van der Waals surface area contributed by atoms with Crippen molar-refractivity contribution in [1.29, 1.82) is 0 Å². The van der Waals surface area contributed by atoms with Crippen molar-refractivity contribution in [3.63, 3.8) is 0 Å². The number of para-hydroxylation sites is 2. The minimum atomic E-state index is -0.00691. The fraction of sp³-hybridized carbons (Fsp3) is 0.429. The second-order valence-corrected chi connectivity index (χ2v) is 12.2. The van der Waals surface area contributed by atoms with E-state index in [1.54, 1.807) is 0 Å². The molecule has 2 fully saturated rings. The first-order chi connectivity index (χ1) is 20.7. The Morgan fingerprint density at radius 1 is 0.738 bits per heavy atom. The highest BCUT2D eigenvalue weighted by molar-refractivity contribution is 7.80. The van der Waals surface area contributed by atoms with Crippen LogP contribution in [0.5, 0.6) is 0 Å². The monoisotopic (exact) mass is 581 g/mol. The molecule has 4 aromatic rings. The van der Waals surface area contributed by atoms with Crippen molar-refractivity contribution in [3.05, 3.63) is 107 Å². The fourth-order valence-corrected chi connectivity index (χ4v) is 7.11. The highest BCUT2D eigenvalue weighted by atomic mass is 32.1. The van der Waals surface area contributed by atoms with Gasteiger partial charge in [0, 0.05) is 25.7 Å². The number of hydrogen-bond acceptors (Lipinski definition) is 3. The van der Waals surface area contributed by atoms with Crippen LogP contribution in [0.3, 0.4) is 0 Å². The number of benzene rings is 3. The van der Waals surface area contributed by atoms with Crippen LogP contribution in [0, 0.1) is 0 Å². The van der Waals surface area contributed by atoms with Crippen molar-refractivity contribution in [2.75, 3.05) is 32.7 Å². The van der Waals surface area contributed by atoms with Crippen molar-refractivity contribution < 1.29 is 0 Å². The summed E-state index contributed by atoms with van der Waals surface area (Å²) in [5.74, 6) is 0. The van der Waals surface area contributed by atoms with E-state index < -0.39 is 0 Å². The van der Waals surface area contributed by atoms with Crippen LogP contribution in [0.15, 0.2) is 89.7 Å². The number of fused-ring (bicyclic) bond motifs is 1. The van der Waals surface area contributed by atoms with Crippen LogP contribution in [0.1, 0.15) is 68.2 Å². The van der Waals surface area contributed by atoms with E-state index in [2.05, 4.69) is 92.5 Å². The third-order valence-electron chi connectivity index (χ3n) is 9.07. The topological polar surface area (TPSA) is 45.4 Å². The summed E-state index contributed by atoms with van der Waals surface area (Å²) in [6.45, 7) is 5.89. The number of aromatic nitrogens is 2. The molecule has 0 unspecified atom stereocenters. The number of hydrogen-bond donors (Lipinski definition) is 1. The largest absolute Gasteiger partial charge is 0.352 e. The lowest BCUT2D eigenvalue weighted by Gasteiger charge is -2.35. The molecule has 3 aromatic carbocycles. The maximum absolute atomic E-state index is 13.9. The van der Waals surface area contributed by atoms with E-state index >= 15 is 0 Å². The van der Waals surface area contributed by atoms with Crippen molar-refractivity contribution >= 4 is 28.4 Å². The minimum Gasteiger partial charge on any atom is -0.352 e. The van der Waals surface area contributed by atoms with E-state index in [1.165, 1.54) is 49.9 Å². The van der Waals surface area contributed by atoms with Gasteiger partial charge in [0.25, 0.3) is 0 Å². The van der Waals surface area contributed by atoms with Gasteiger partial charge in [-0.15, -0.1) is 0 Å². The van der Waals surface area contributed by atoms with E-state index in [0.29, 0.717) is 0 Å². The quantitative estimate of drug-likeness (QED) is 0.245. The highest BCUT2D eigenvalue weighted by Crippen LogP contribution is 2.27. The van der Waals surface area contributed by atoms with Crippen LogP contribution < -0.4 is 11.0 Å². The maximum atomic E-state index is 13.9. The number of thiocarbonyl (C=S) groups is 1. The molecule has 7 heteroatoms. The lowest BCUT2D eigenvalue weighted by molar-refractivity contribution is 0.260. The third kappa shape index (κ3) is 6.47. The van der Waals surface area contributed by atoms with Crippen molar-refractivity contribution in [1.82, 2.24) is 24.3 Å². The molecule has 0 atom stereocenters. The average Bonchev–Trinajstić information content (AvgIpc) is 3.17. The molecule has 42 heavy (non-hydrogen) atoms. The smallest absolute Gasteiger partial charge is 0.329 e. The van der Waals surface area contributed by atoms with Crippen LogP contribution in [-0.2, 0) is 6.54 Å². The van der Waals surface area contributed by atoms with Gasteiger partial charge in [0.1, 0.15) is 0 Å². The molecule has 0 aliphatic carbocycles. The van der Waals surface area contributed by atoms with Gasteiger partial charge in [-0.3, -0.25) is 9.13 Å². The molecule has 0 amide bonds. The minimum absolute atomic E-state index is 0.00691. The summed E-state index contributed by atoms with van der Waals surface area (Å²) in [6.07, 6.45) is 8.10. The Hall–Kier alpha value is -3.42. The van der Waals surface area contributed by atoms with Crippen LogP contribution in [0.25, 0.3) is 11.0 Å². The fourth-order valence-electron chi connectivity index (χ4n) is 6.81. The predicted octanol–water partition coefficient (Wildman–Crippen LogP) is 6.37. The van der Waals surface area contributed by atoms with Gasteiger partial charge in [-0.25, -0.2) is 4.79 Å². The number of imidazole rings is 1. The summed E-state index contributed by atoms with van der Waals surface area (Å²) >= 11 is 5.96. The molecule has 0 spiro atoms. The third-order valence-corrected chi connectivity index (χ3v) is 9.45. The predicted molar refractivity (Wildman–Crippen MR) is 176 cm³/mol. The summed E-state index contributed by atoms with van der Waals surface area (Å²) in [6, 6.07) is 29.5. The van der Waals surface area contributed by atoms with Gasteiger partial charge in [-0.05, 0) is 87.2 Å². The first-order valence-electron chi connectivity index (χ1n) is 15.8. The summed E-state index contributed by atoms with van der Waals surface area (Å²) in [7, 11) is 0. The molecule has 1 aromatic heterocycles. The van der Waals surface area contributed by atoms with Crippen LogP contribution in [0.2, 0.25) is 0 Å². The lowest BCUT2D eigenvalue weighted by Crippen LogP contribution is -2.46. The Morgan fingerprint density at radius 3 is 1.93 bits per heavy atom. The van der Waals surface area contributed by atoms with Crippen LogP contribution in [-0.4, -0.2) is 56.8 Å². The summed E-state index contributed by atoms with van der Waals surface area (Å²) in [5, 5.41) is 4.43. The van der Waals surface area contributed by atoms with Crippen molar-refractivity contribution in [3.8, 4) is 0 Å². The van der Waals surface area contributed by atoms with Gasteiger partial charge in [-0.2, -0.15) is 0 Å². The average molecular weight is 582 g/mol. The SMILES string of the molecule is O=c1n(CCCN2CCCCCC2)c2ccccc2n1C1CCN(C(=S)NC(c2ccccc2)c2ccccc2)CC1. The molecule has 2 saturated heterocycles. The van der Waals surface area contributed by atoms with E-state index in [1.807, 2.05) is 16.7 Å².